The average Bonchev–Trinajstić information content (AvgIpc) is 2.84. The van der Waals surface area contributed by atoms with E-state index < -0.39 is 0 Å². The van der Waals surface area contributed by atoms with Gasteiger partial charge in [-0.3, -0.25) is 4.90 Å². The first-order valence-corrected chi connectivity index (χ1v) is 7.60. The normalized spacial score (nSPS) is 20.1. The molecule has 0 aliphatic carbocycles. The van der Waals surface area contributed by atoms with Crippen LogP contribution in [0.2, 0.25) is 0 Å². The lowest BCUT2D eigenvalue weighted by molar-refractivity contribution is 0.0444. The molecule has 1 aliphatic heterocycles. The summed E-state index contributed by atoms with van der Waals surface area (Å²) < 4.78 is 0. The highest BCUT2D eigenvalue weighted by atomic mass is 15.2. The summed E-state index contributed by atoms with van der Waals surface area (Å²) in [4.78, 5) is 2.76. The van der Waals surface area contributed by atoms with E-state index in [9.17, 15) is 0 Å². The van der Waals surface area contributed by atoms with E-state index in [1.165, 1.54) is 38.8 Å². The zero-order valence-corrected chi connectivity index (χ0v) is 12.6. The SMILES string of the molecule is CCNC(C(C)C)C(CC)(CC)N1CCCC1. The van der Waals surface area contributed by atoms with Crippen molar-refractivity contribution in [2.75, 3.05) is 19.6 Å². The van der Waals surface area contributed by atoms with E-state index in [2.05, 4.69) is 44.8 Å². The molecule has 2 heteroatoms. The zero-order chi connectivity index (χ0) is 12.9. The van der Waals surface area contributed by atoms with E-state index >= 15 is 0 Å². The van der Waals surface area contributed by atoms with E-state index in [-0.39, 0.29) is 0 Å². The minimum atomic E-state index is 0.376. The second kappa shape index (κ2) is 6.75. The molecule has 17 heavy (non-hydrogen) atoms. The minimum Gasteiger partial charge on any atom is -0.312 e. The lowest BCUT2D eigenvalue weighted by atomic mass is 9.77. The second-order valence-corrected chi connectivity index (χ2v) is 5.78. The Morgan fingerprint density at radius 2 is 1.59 bits per heavy atom. The molecule has 0 bridgehead atoms. The van der Waals surface area contributed by atoms with Crippen LogP contribution in [0.5, 0.6) is 0 Å². The summed E-state index contributed by atoms with van der Waals surface area (Å²) >= 11 is 0. The van der Waals surface area contributed by atoms with Gasteiger partial charge in [0.15, 0.2) is 0 Å². The first kappa shape index (κ1) is 15.0. The second-order valence-electron chi connectivity index (χ2n) is 5.78. The zero-order valence-electron chi connectivity index (χ0n) is 12.6. The summed E-state index contributed by atoms with van der Waals surface area (Å²) in [6.45, 7) is 15.4. The third-order valence-corrected chi connectivity index (χ3v) is 4.63. The lowest BCUT2D eigenvalue weighted by Gasteiger charge is -2.49. The molecule has 2 nitrogen and oxygen atoms in total. The summed E-state index contributed by atoms with van der Waals surface area (Å²) in [5.41, 5.74) is 0.376. The summed E-state index contributed by atoms with van der Waals surface area (Å²) in [7, 11) is 0. The topological polar surface area (TPSA) is 15.3 Å². The third-order valence-electron chi connectivity index (χ3n) is 4.63. The number of hydrogen-bond acceptors (Lipinski definition) is 2. The number of nitrogens with one attached hydrogen (secondary N) is 1. The van der Waals surface area contributed by atoms with Crippen molar-refractivity contribution in [1.29, 1.82) is 0 Å². The molecule has 1 aliphatic rings. The Morgan fingerprint density at radius 3 is 1.94 bits per heavy atom. The monoisotopic (exact) mass is 240 g/mol. The summed E-state index contributed by atoms with van der Waals surface area (Å²) in [5.74, 6) is 0.704. The number of hydrogen-bond donors (Lipinski definition) is 1. The van der Waals surface area contributed by atoms with Gasteiger partial charge in [-0.15, -0.1) is 0 Å². The van der Waals surface area contributed by atoms with Gasteiger partial charge in [0.2, 0.25) is 0 Å². The molecule has 1 N–H and O–H groups in total. The van der Waals surface area contributed by atoms with Crippen molar-refractivity contribution in [3.63, 3.8) is 0 Å². The minimum absolute atomic E-state index is 0.376. The molecule has 1 heterocycles. The molecule has 0 aromatic heterocycles. The van der Waals surface area contributed by atoms with E-state index in [1.54, 1.807) is 0 Å². The van der Waals surface area contributed by atoms with Crippen LogP contribution < -0.4 is 5.32 Å². The van der Waals surface area contributed by atoms with Crippen LogP contribution in [0.4, 0.5) is 0 Å². The Morgan fingerprint density at radius 1 is 1.06 bits per heavy atom. The van der Waals surface area contributed by atoms with E-state index in [0.29, 0.717) is 17.5 Å². The van der Waals surface area contributed by atoms with Crippen molar-refractivity contribution < 1.29 is 0 Å². The molecule has 1 rings (SSSR count). The van der Waals surface area contributed by atoms with Crippen molar-refractivity contribution in [2.45, 2.75) is 71.9 Å². The van der Waals surface area contributed by atoms with Gasteiger partial charge in [-0.1, -0.05) is 34.6 Å². The number of rotatable bonds is 7. The van der Waals surface area contributed by atoms with E-state index in [0.717, 1.165) is 6.54 Å². The number of likely N-dealkylation sites (N-methyl/N-ethyl adjacent to an activating group) is 1. The quantitative estimate of drug-likeness (QED) is 0.735. The van der Waals surface area contributed by atoms with E-state index in [4.69, 9.17) is 0 Å². The molecule has 0 aromatic rings. The highest BCUT2D eigenvalue weighted by Gasteiger charge is 2.42. The van der Waals surface area contributed by atoms with Crippen LogP contribution >= 0.6 is 0 Å². The Labute approximate surface area is 108 Å². The van der Waals surface area contributed by atoms with Crippen LogP contribution in [0.3, 0.4) is 0 Å². The molecule has 0 radical (unpaired) electrons. The van der Waals surface area contributed by atoms with Gasteiger partial charge in [0.05, 0.1) is 0 Å². The molecule has 0 saturated carbocycles. The van der Waals surface area contributed by atoms with Crippen LogP contribution in [-0.2, 0) is 0 Å². The lowest BCUT2D eigenvalue weighted by Crippen LogP contribution is -2.62. The largest absolute Gasteiger partial charge is 0.312 e. The van der Waals surface area contributed by atoms with Crippen molar-refractivity contribution in [2.24, 2.45) is 5.92 Å². The summed E-state index contributed by atoms with van der Waals surface area (Å²) in [5, 5.41) is 3.76. The Bertz CT molecular complexity index is 203. The smallest absolute Gasteiger partial charge is 0.0359 e. The number of likely N-dealkylation sites (tertiary alicyclic amines) is 1. The summed E-state index contributed by atoms with van der Waals surface area (Å²) in [6.07, 6.45) is 5.30. The van der Waals surface area contributed by atoms with Gasteiger partial charge in [-0.05, 0) is 51.2 Å². The van der Waals surface area contributed by atoms with Gasteiger partial charge in [0.25, 0.3) is 0 Å². The molecule has 102 valence electrons. The van der Waals surface area contributed by atoms with Crippen molar-refractivity contribution in [3.05, 3.63) is 0 Å². The Kier molecular flexibility index (Phi) is 5.94. The maximum atomic E-state index is 3.76. The fourth-order valence-corrected chi connectivity index (χ4v) is 3.76. The van der Waals surface area contributed by atoms with Crippen molar-refractivity contribution >= 4 is 0 Å². The van der Waals surface area contributed by atoms with Crippen LogP contribution in [0.15, 0.2) is 0 Å². The van der Waals surface area contributed by atoms with Crippen LogP contribution in [0.25, 0.3) is 0 Å². The van der Waals surface area contributed by atoms with E-state index in [1.807, 2.05) is 0 Å². The van der Waals surface area contributed by atoms with Gasteiger partial charge >= 0.3 is 0 Å². The average molecular weight is 240 g/mol. The molecular formula is C15H32N2. The summed E-state index contributed by atoms with van der Waals surface area (Å²) in [6, 6.07) is 0.626. The predicted molar refractivity (Wildman–Crippen MR) is 76.4 cm³/mol. The number of nitrogens with zero attached hydrogens (tertiary/aromatic N) is 1. The van der Waals surface area contributed by atoms with Crippen LogP contribution in [0, 0.1) is 5.92 Å². The first-order chi connectivity index (χ1) is 8.12. The van der Waals surface area contributed by atoms with Crippen molar-refractivity contribution in [1.82, 2.24) is 10.2 Å². The Balaban J connectivity index is 2.92. The van der Waals surface area contributed by atoms with Gasteiger partial charge in [-0.2, -0.15) is 0 Å². The van der Waals surface area contributed by atoms with Crippen LogP contribution in [-0.4, -0.2) is 36.1 Å². The highest BCUT2D eigenvalue weighted by Crippen LogP contribution is 2.34. The molecule has 1 atom stereocenters. The maximum Gasteiger partial charge on any atom is 0.0359 e. The third kappa shape index (κ3) is 3.03. The van der Waals surface area contributed by atoms with Crippen LogP contribution in [0.1, 0.15) is 60.3 Å². The molecule has 1 fully saturated rings. The Hall–Kier alpha value is -0.0800. The van der Waals surface area contributed by atoms with Crippen molar-refractivity contribution in [3.8, 4) is 0 Å². The predicted octanol–water partition coefficient (Wildman–Crippen LogP) is 3.28. The molecule has 0 amide bonds. The molecule has 0 spiro atoms. The highest BCUT2D eigenvalue weighted by molar-refractivity contribution is 5.01. The standard InChI is InChI=1S/C15H32N2/c1-6-15(7-2,17-11-9-10-12-17)14(13(4)5)16-8-3/h13-14,16H,6-12H2,1-5H3. The molecule has 1 unspecified atom stereocenters. The molecule has 1 saturated heterocycles. The fourth-order valence-electron chi connectivity index (χ4n) is 3.76. The van der Waals surface area contributed by atoms with Gasteiger partial charge < -0.3 is 5.32 Å². The first-order valence-electron chi connectivity index (χ1n) is 7.60. The van der Waals surface area contributed by atoms with Gasteiger partial charge in [0.1, 0.15) is 0 Å². The molecule has 0 aromatic carbocycles. The fraction of sp³-hybridized carbons (Fsp3) is 1.00. The maximum absolute atomic E-state index is 3.76. The van der Waals surface area contributed by atoms with Gasteiger partial charge in [-0.25, -0.2) is 0 Å². The molecular weight excluding hydrogens is 208 g/mol. The van der Waals surface area contributed by atoms with Gasteiger partial charge in [0, 0.05) is 11.6 Å².